The van der Waals surface area contributed by atoms with Crippen LogP contribution < -0.4 is 15.4 Å². The topological polar surface area (TPSA) is 165 Å². The van der Waals surface area contributed by atoms with Gasteiger partial charge in [0.1, 0.15) is 24.2 Å². The second-order valence-electron chi connectivity index (χ2n) is 11.1. The van der Waals surface area contributed by atoms with Gasteiger partial charge in [0.25, 0.3) is 5.69 Å². The lowest BCUT2D eigenvalue weighted by Crippen LogP contribution is -2.38. The van der Waals surface area contributed by atoms with Crippen molar-refractivity contribution in [1.29, 1.82) is 0 Å². The fraction of sp³-hybridized carbons (Fsp3) is 0.394. The Labute approximate surface area is 274 Å². The smallest absolute Gasteiger partial charge is 0.431 e. The van der Waals surface area contributed by atoms with Gasteiger partial charge in [-0.1, -0.05) is 31.0 Å². The monoisotopic (exact) mass is 674 g/mol. The number of nitrogens with zero attached hydrogens (tertiary/aromatic N) is 1. The molecule has 2 aromatic carbocycles. The zero-order valence-corrected chi connectivity index (χ0v) is 26.4. The first-order chi connectivity index (χ1) is 22.9. The van der Waals surface area contributed by atoms with Crippen molar-refractivity contribution in [2.45, 2.75) is 50.8 Å². The van der Waals surface area contributed by atoms with E-state index in [0.717, 1.165) is 43.0 Å². The third kappa shape index (κ3) is 8.92. The number of esters is 2. The van der Waals surface area contributed by atoms with Crippen molar-refractivity contribution in [2.24, 2.45) is 0 Å². The number of aromatic amines is 1. The number of carbonyl (C=O) groups excluding carboxylic acids is 2. The molecular formula is C33H37F3N4O8. The number of dihydropyridines is 1. The predicted octanol–water partition coefficient (Wildman–Crippen LogP) is 5.16. The van der Waals surface area contributed by atoms with Gasteiger partial charge in [0.15, 0.2) is 0 Å². The number of nitro groups is 1. The number of alkyl halides is 3. The first-order valence-electron chi connectivity index (χ1n) is 15.3. The largest absolute Gasteiger partial charge is 0.490 e. The molecule has 258 valence electrons. The molecule has 12 nitrogen and oxygen atoms in total. The molecule has 0 aliphatic carbocycles. The summed E-state index contributed by atoms with van der Waals surface area (Å²) in [7, 11) is 0.898. The number of methoxy groups -OCH3 is 1. The maximum atomic E-state index is 14.1. The molecule has 1 aliphatic heterocycles. The number of hydrogen-bond acceptors (Lipinski definition) is 10. The number of aliphatic hydroxyl groups is 1. The van der Waals surface area contributed by atoms with Crippen LogP contribution in [-0.4, -0.2) is 72.6 Å². The summed E-state index contributed by atoms with van der Waals surface area (Å²) in [5.74, 6) is -3.28. The molecule has 0 spiro atoms. The summed E-state index contributed by atoms with van der Waals surface area (Å²) in [6.45, 7) is 2.30. The van der Waals surface area contributed by atoms with E-state index in [1.54, 1.807) is 0 Å². The van der Waals surface area contributed by atoms with E-state index in [-0.39, 0.29) is 30.0 Å². The number of halogens is 3. The average molecular weight is 675 g/mol. The molecular weight excluding hydrogens is 637 g/mol. The molecule has 1 aromatic heterocycles. The number of benzene rings is 2. The Hall–Kier alpha value is -4.89. The van der Waals surface area contributed by atoms with Crippen LogP contribution in [0, 0.1) is 10.1 Å². The van der Waals surface area contributed by atoms with Gasteiger partial charge in [-0.2, -0.15) is 13.2 Å². The molecule has 0 amide bonds. The summed E-state index contributed by atoms with van der Waals surface area (Å²) < 4.78 is 58.0. The molecule has 4 N–H and O–H groups in total. The van der Waals surface area contributed by atoms with Gasteiger partial charge >= 0.3 is 18.1 Å². The molecule has 3 aromatic rings. The van der Waals surface area contributed by atoms with Crippen LogP contribution in [0.5, 0.6) is 5.75 Å². The zero-order chi connectivity index (χ0) is 34.8. The number of nitro benzene ring substituents is 1. The molecule has 0 saturated heterocycles. The molecule has 1 aliphatic rings. The highest BCUT2D eigenvalue weighted by Gasteiger charge is 2.47. The average Bonchev–Trinajstić information content (AvgIpc) is 3.55. The van der Waals surface area contributed by atoms with Gasteiger partial charge < -0.3 is 34.9 Å². The Bertz CT molecular complexity index is 1680. The third-order valence-corrected chi connectivity index (χ3v) is 7.73. The molecule has 4 rings (SSSR count). The summed E-state index contributed by atoms with van der Waals surface area (Å²) in [5, 5.41) is 27.9. The fourth-order valence-corrected chi connectivity index (χ4v) is 5.45. The molecule has 48 heavy (non-hydrogen) atoms. The number of allylic oxidation sites excluding steroid dienone is 2. The molecule has 2 unspecified atom stereocenters. The molecule has 0 bridgehead atoms. The molecule has 0 saturated carbocycles. The number of aliphatic hydroxyl groups excluding tert-OH is 1. The maximum Gasteiger partial charge on any atom is 0.431 e. The lowest BCUT2D eigenvalue weighted by atomic mass is 9.80. The van der Waals surface area contributed by atoms with Crippen LogP contribution in [0.2, 0.25) is 0 Å². The second-order valence-corrected chi connectivity index (χ2v) is 11.1. The van der Waals surface area contributed by atoms with Crippen molar-refractivity contribution in [2.75, 3.05) is 33.4 Å². The van der Waals surface area contributed by atoms with E-state index in [0.29, 0.717) is 31.7 Å². The highest BCUT2D eigenvalue weighted by molar-refractivity contribution is 6.00. The normalized spacial score (nSPS) is 15.7. The van der Waals surface area contributed by atoms with Crippen molar-refractivity contribution in [3.63, 3.8) is 0 Å². The number of ether oxygens (including phenoxy) is 3. The van der Waals surface area contributed by atoms with E-state index >= 15 is 0 Å². The molecule has 2 heterocycles. The van der Waals surface area contributed by atoms with Gasteiger partial charge in [-0.3, -0.25) is 10.1 Å². The number of hydrogen-bond donors (Lipinski definition) is 4. The lowest BCUT2D eigenvalue weighted by Gasteiger charge is -2.31. The Balaban J connectivity index is 1.27. The minimum atomic E-state index is -5.03. The van der Waals surface area contributed by atoms with Gasteiger partial charge in [0, 0.05) is 41.5 Å². The minimum absolute atomic E-state index is 0.0436. The molecule has 15 heteroatoms. The van der Waals surface area contributed by atoms with Gasteiger partial charge in [0.05, 0.1) is 35.7 Å². The number of rotatable bonds is 16. The van der Waals surface area contributed by atoms with Gasteiger partial charge in [0.2, 0.25) is 0 Å². The Kier molecular flexibility index (Phi) is 12.2. The minimum Gasteiger partial charge on any atom is -0.490 e. The Morgan fingerprint density at radius 1 is 1.06 bits per heavy atom. The van der Waals surface area contributed by atoms with Crippen LogP contribution in [0.3, 0.4) is 0 Å². The van der Waals surface area contributed by atoms with E-state index in [4.69, 9.17) is 9.47 Å². The van der Waals surface area contributed by atoms with E-state index < -0.39 is 52.0 Å². The van der Waals surface area contributed by atoms with Crippen LogP contribution in [0.4, 0.5) is 18.9 Å². The lowest BCUT2D eigenvalue weighted by molar-refractivity contribution is -0.384. The summed E-state index contributed by atoms with van der Waals surface area (Å²) in [6.07, 6.45) is -1.23. The Morgan fingerprint density at radius 3 is 2.54 bits per heavy atom. The zero-order valence-electron chi connectivity index (χ0n) is 26.4. The van der Waals surface area contributed by atoms with Gasteiger partial charge in [-0.15, -0.1) is 0 Å². The number of H-pyrrole nitrogens is 1. The van der Waals surface area contributed by atoms with Crippen LogP contribution in [0.25, 0.3) is 10.9 Å². The van der Waals surface area contributed by atoms with Crippen LogP contribution in [0.1, 0.15) is 44.1 Å². The number of non-ortho nitro benzene ring substituents is 1. The standard InChI is InChI=1S/C33H37F3N4O8/c1-20-27(28(21-9-7-10-22(17-21)40(44)45)29(31(42)46-2)30(39-20)33(34,35)36)32(43)47-16-6-4-3-5-14-37-18-23(41)19-48-26-12-8-11-25-24(26)13-15-38-25/h7-13,15,17,23,28,37-39,41H,3-6,14,16,18-19H2,1-2H3. The van der Waals surface area contributed by atoms with E-state index in [1.807, 2.05) is 30.5 Å². The van der Waals surface area contributed by atoms with E-state index in [1.165, 1.54) is 19.1 Å². The molecule has 2 atom stereocenters. The quantitative estimate of drug-likeness (QED) is 0.0691. The summed E-state index contributed by atoms with van der Waals surface area (Å²) >= 11 is 0. The van der Waals surface area contributed by atoms with Crippen LogP contribution in [0.15, 0.2) is 77.3 Å². The number of unbranched alkanes of at least 4 members (excludes halogenated alkanes) is 3. The molecule has 0 fully saturated rings. The highest BCUT2D eigenvalue weighted by atomic mass is 19.4. The summed E-state index contributed by atoms with van der Waals surface area (Å²) in [5.41, 5.74) is -2.41. The highest BCUT2D eigenvalue weighted by Crippen LogP contribution is 2.44. The molecule has 0 radical (unpaired) electrons. The second kappa shape index (κ2) is 16.3. The van der Waals surface area contributed by atoms with Crippen LogP contribution in [-0.2, 0) is 19.1 Å². The summed E-state index contributed by atoms with van der Waals surface area (Å²) in [6, 6.07) is 12.3. The number of aromatic nitrogens is 1. The van der Waals surface area contributed by atoms with E-state index in [2.05, 4.69) is 20.4 Å². The van der Waals surface area contributed by atoms with Crippen molar-refractivity contribution >= 4 is 28.5 Å². The third-order valence-electron chi connectivity index (χ3n) is 7.73. The Morgan fingerprint density at radius 2 is 1.81 bits per heavy atom. The fourth-order valence-electron chi connectivity index (χ4n) is 5.45. The number of nitrogens with one attached hydrogen (secondary N) is 3. The van der Waals surface area contributed by atoms with Gasteiger partial charge in [-0.05, 0) is 50.1 Å². The SMILES string of the molecule is COC(=O)C1=C(C(F)(F)F)NC(C)=C(C(=O)OCCCCCCNCC(O)COc2cccc3[nH]ccc23)C1c1cccc([N+](=O)[O-])c1. The first kappa shape index (κ1) is 36.0. The van der Waals surface area contributed by atoms with Crippen molar-refractivity contribution < 1.29 is 47.0 Å². The number of fused-ring (bicyclic) bond motifs is 1. The maximum absolute atomic E-state index is 14.1. The summed E-state index contributed by atoms with van der Waals surface area (Å²) in [4.78, 5) is 39.8. The van der Waals surface area contributed by atoms with Crippen molar-refractivity contribution in [3.8, 4) is 5.75 Å². The predicted molar refractivity (Wildman–Crippen MR) is 169 cm³/mol. The van der Waals surface area contributed by atoms with Crippen LogP contribution >= 0.6 is 0 Å². The van der Waals surface area contributed by atoms with E-state index in [9.17, 15) is 38.0 Å². The van der Waals surface area contributed by atoms with Crippen molar-refractivity contribution in [3.05, 3.63) is 92.9 Å². The first-order valence-corrected chi connectivity index (χ1v) is 15.3. The number of carbonyl (C=O) groups is 2. The van der Waals surface area contributed by atoms with Gasteiger partial charge in [-0.25, -0.2) is 9.59 Å². The van der Waals surface area contributed by atoms with Crippen molar-refractivity contribution in [1.82, 2.24) is 15.6 Å².